The van der Waals surface area contributed by atoms with E-state index < -0.39 is 11.2 Å². The largest absolute Gasteiger partial charge is 0.317 e. The Morgan fingerprint density at radius 2 is 2.11 bits per heavy atom. The number of rotatable bonds is 3. The van der Waals surface area contributed by atoms with E-state index in [4.69, 9.17) is 0 Å². The summed E-state index contributed by atoms with van der Waals surface area (Å²) in [6, 6.07) is 4.92. The molecule has 4 heteroatoms. The summed E-state index contributed by atoms with van der Waals surface area (Å²) in [5, 5.41) is 3.25. The third-order valence-electron chi connectivity index (χ3n) is 3.92. The number of nitrogens with one attached hydrogen (secondary N) is 1. The summed E-state index contributed by atoms with van der Waals surface area (Å²) in [6.07, 6.45) is 2.34. The Kier molecular flexibility index (Phi) is 4.17. The van der Waals surface area contributed by atoms with Crippen LogP contribution in [0.3, 0.4) is 0 Å². The fourth-order valence-corrected chi connectivity index (χ4v) is 2.98. The highest BCUT2D eigenvalue weighted by Gasteiger charge is 2.39. The van der Waals surface area contributed by atoms with E-state index in [2.05, 4.69) is 21.2 Å². The molecule has 0 atom stereocenters. The molecule has 0 spiro atoms. The minimum atomic E-state index is -0.436. The Bertz CT molecular complexity index is 455. The highest BCUT2D eigenvalue weighted by atomic mass is 79.9. The van der Waals surface area contributed by atoms with Crippen LogP contribution < -0.4 is 5.32 Å². The summed E-state index contributed by atoms with van der Waals surface area (Å²) in [5.74, 6) is -0.487. The number of halogens is 2. The molecule has 1 heterocycles. The molecule has 0 aliphatic carbocycles. The summed E-state index contributed by atoms with van der Waals surface area (Å²) < 4.78 is 14.4. The molecule has 0 bridgehead atoms. The molecule has 1 fully saturated rings. The van der Waals surface area contributed by atoms with Crippen molar-refractivity contribution < 1.29 is 9.18 Å². The lowest BCUT2D eigenvalue weighted by Gasteiger charge is -2.35. The van der Waals surface area contributed by atoms with Crippen LogP contribution in [-0.4, -0.2) is 18.9 Å². The number of hydrogen-bond acceptors (Lipinski definition) is 2. The second kappa shape index (κ2) is 5.49. The third kappa shape index (κ3) is 2.36. The molecule has 2 nitrogen and oxygen atoms in total. The van der Waals surface area contributed by atoms with E-state index in [1.54, 1.807) is 18.2 Å². The first-order chi connectivity index (χ1) is 8.60. The molecule has 0 radical (unpaired) electrons. The van der Waals surface area contributed by atoms with Crippen molar-refractivity contribution in [2.45, 2.75) is 26.2 Å². The van der Waals surface area contributed by atoms with Crippen LogP contribution in [0, 0.1) is 11.2 Å². The summed E-state index contributed by atoms with van der Waals surface area (Å²) in [5.41, 5.74) is -0.180. The zero-order chi connectivity index (χ0) is 13.2. The van der Waals surface area contributed by atoms with Gasteiger partial charge in [-0.3, -0.25) is 4.79 Å². The van der Waals surface area contributed by atoms with Gasteiger partial charge < -0.3 is 5.32 Å². The van der Waals surface area contributed by atoms with Crippen LogP contribution in [0.15, 0.2) is 22.7 Å². The normalized spacial score (nSPS) is 18.6. The molecule has 1 aromatic carbocycles. The molecule has 1 aromatic rings. The monoisotopic (exact) mass is 313 g/mol. The zero-order valence-corrected chi connectivity index (χ0v) is 12.0. The van der Waals surface area contributed by atoms with Gasteiger partial charge in [-0.05, 0) is 60.4 Å². The molecule has 0 unspecified atom stereocenters. The Balaban J connectivity index is 2.37. The molecule has 1 aliphatic rings. The first-order valence-corrected chi connectivity index (χ1v) is 7.09. The summed E-state index contributed by atoms with van der Waals surface area (Å²) in [7, 11) is 0. The first-order valence-electron chi connectivity index (χ1n) is 6.30. The average molecular weight is 314 g/mol. The van der Waals surface area contributed by atoms with Crippen molar-refractivity contribution in [2.75, 3.05) is 13.1 Å². The van der Waals surface area contributed by atoms with Gasteiger partial charge in [-0.25, -0.2) is 4.39 Å². The Hall–Kier alpha value is -0.740. The summed E-state index contributed by atoms with van der Waals surface area (Å²) in [4.78, 5) is 12.6. The predicted octanol–water partition coefficient (Wildman–Crippen LogP) is 3.55. The number of carbonyl (C=O) groups excluding carboxylic acids is 1. The van der Waals surface area contributed by atoms with Crippen LogP contribution >= 0.6 is 15.9 Å². The van der Waals surface area contributed by atoms with E-state index in [1.165, 1.54) is 0 Å². The molecule has 2 rings (SSSR count). The number of benzene rings is 1. The van der Waals surface area contributed by atoms with Crippen molar-refractivity contribution in [1.29, 1.82) is 0 Å². The van der Waals surface area contributed by atoms with Gasteiger partial charge in [0.05, 0.1) is 10.0 Å². The van der Waals surface area contributed by atoms with E-state index in [0.29, 0.717) is 4.47 Å². The number of hydrogen-bond donors (Lipinski definition) is 1. The van der Waals surface area contributed by atoms with Gasteiger partial charge in [-0.1, -0.05) is 13.0 Å². The van der Waals surface area contributed by atoms with Crippen LogP contribution in [0.2, 0.25) is 0 Å². The second-order valence-corrected chi connectivity index (χ2v) is 5.67. The molecule has 1 saturated heterocycles. The summed E-state index contributed by atoms with van der Waals surface area (Å²) in [6.45, 7) is 3.67. The van der Waals surface area contributed by atoms with Gasteiger partial charge in [0.15, 0.2) is 5.78 Å². The van der Waals surface area contributed by atoms with Crippen LogP contribution in [0.4, 0.5) is 4.39 Å². The molecule has 1 N–H and O–H groups in total. The maximum Gasteiger partial charge on any atom is 0.172 e. The lowest BCUT2D eigenvalue weighted by Crippen LogP contribution is -2.42. The minimum Gasteiger partial charge on any atom is -0.317 e. The molecule has 0 amide bonds. The quantitative estimate of drug-likeness (QED) is 0.865. The first kappa shape index (κ1) is 13.7. The van der Waals surface area contributed by atoms with Crippen LogP contribution in [0.1, 0.15) is 36.5 Å². The van der Waals surface area contributed by atoms with E-state index in [0.717, 1.165) is 32.4 Å². The molecular weight excluding hydrogens is 297 g/mol. The van der Waals surface area contributed by atoms with Crippen LogP contribution in [0.25, 0.3) is 0 Å². The average Bonchev–Trinajstić information content (AvgIpc) is 2.42. The molecule has 18 heavy (non-hydrogen) atoms. The summed E-state index contributed by atoms with van der Waals surface area (Å²) >= 11 is 3.14. The van der Waals surface area contributed by atoms with Gasteiger partial charge in [0.25, 0.3) is 0 Å². The van der Waals surface area contributed by atoms with Gasteiger partial charge in [-0.2, -0.15) is 0 Å². The lowest BCUT2D eigenvalue weighted by molar-refractivity contribution is 0.0713. The van der Waals surface area contributed by atoms with E-state index >= 15 is 0 Å². The van der Waals surface area contributed by atoms with E-state index in [1.807, 2.05) is 6.92 Å². The third-order valence-corrected chi connectivity index (χ3v) is 4.53. The second-order valence-electron chi connectivity index (χ2n) is 4.81. The molecular formula is C14H17BrFNO. The lowest BCUT2D eigenvalue weighted by atomic mass is 9.71. The number of ketones is 1. The topological polar surface area (TPSA) is 29.1 Å². The number of piperidine rings is 1. The Morgan fingerprint density at radius 1 is 1.44 bits per heavy atom. The van der Waals surface area contributed by atoms with E-state index in [-0.39, 0.29) is 11.3 Å². The SMILES string of the molecule is CCC1(C(=O)c2cccc(Br)c2F)CCNCC1. The standard InChI is InChI=1S/C14H17BrFNO/c1-2-14(6-8-17-9-7-14)13(18)10-4-3-5-11(15)12(10)16/h3-5,17H,2,6-9H2,1H3. The maximum absolute atomic E-state index is 14.0. The van der Waals surface area contributed by atoms with Crippen molar-refractivity contribution in [2.24, 2.45) is 5.41 Å². The van der Waals surface area contributed by atoms with Crippen molar-refractivity contribution in [3.8, 4) is 0 Å². The Labute approximate surface area is 115 Å². The van der Waals surface area contributed by atoms with Crippen LogP contribution in [0.5, 0.6) is 0 Å². The van der Waals surface area contributed by atoms with Gasteiger partial charge in [0.2, 0.25) is 0 Å². The fraction of sp³-hybridized carbons (Fsp3) is 0.500. The van der Waals surface area contributed by atoms with Gasteiger partial charge in [0, 0.05) is 5.41 Å². The molecule has 0 aromatic heterocycles. The molecule has 0 saturated carbocycles. The smallest absolute Gasteiger partial charge is 0.172 e. The van der Waals surface area contributed by atoms with Crippen LogP contribution in [-0.2, 0) is 0 Å². The van der Waals surface area contributed by atoms with Crippen molar-refractivity contribution in [3.63, 3.8) is 0 Å². The highest BCUT2D eigenvalue weighted by molar-refractivity contribution is 9.10. The van der Waals surface area contributed by atoms with Gasteiger partial charge >= 0.3 is 0 Å². The zero-order valence-electron chi connectivity index (χ0n) is 10.4. The highest BCUT2D eigenvalue weighted by Crippen LogP contribution is 2.37. The van der Waals surface area contributed by atoms with Gasteiger partial charge in [-0.15, -0.1) is 0 Å². The number of Topliss-reactive ketones (excluding diaryl/α,β-unsaturated/α-hetero) is 1. The Morgan fingerprint density at radius 3 is 2.72 bits per heavy atom. The molecule has 98 valence electrons. The van der Waals surface area contributed by atoms with Crippen molar-refractivity contribution in [3.05, 3.63) is 34.1 Å². The van der Waals surface area contributed by atoms with E-state index in [9.17, 15) is 9.18 Å². The van der Waals surface area contributed by atoms with Crippen molar-refractivity contribution in [1.82, 2.24) is 5.32 Å². The predicted molar refractivity (Wildman–Crippen MR) is 73.3 cm³/mol. The van der Waals surface area contributed by atoms with Gasteiger partial charge in [0.1, 0.15) is 5.82 Å². The number of carbonyl (C=O) groups is 1. The molecule has 1 aliphatic heterocycles. The minimum absolute atomic E-state index is 0.0506. The van der Waals surface area contributed by atoms with Crippen molar-refractivity contribution >= 4 is 21.7 Å². The maximum atomic E-state index is 14.0. The fourth-order valence-electron chi connectivity index (χ4n) is 2.61.